The molecule has 1 aromatic heterocycles. The Morgan fingerprint density at radius 3 is 2.09 bits per heavy atom. The Labute approximate surface area is 285 Å². The first-order valence-electron chi connectivity index (χ1n) is 18.0. The SMILES string of the molecule is CC1NNC(c2cc(CN3CC4(C)CC3CC(C)(C)C4)c(O)c(CN3CC4(C)CC3CC(C)(C)C4)c2O)C1c1nc2ccccc2s1. The van der Waals surface area contributed by atoms with Gasteiger partial charge in [-0.1, -0.05) is 53.7 Å². The molecule has 7 unspecified atom stereocenters. The van der Waals surface area contributed by atoms with Gasteiger partial charge in [0.1, 0.15) is 16.5 Å². The van der Waals surface area contributed by atoms with Gasteiger partial charge in [-0.3, -0.25) is 15.2 Å². The molecule has 5 aliphatic rings. The van der Waals surface area contributed by atoms with E-state index in [1.807, 2.05) is 6.07 Å². The molecule has 3 aliphatic heterocycles. The third-order valence-corrected chi connectivity index (χ3v) is 13.7. The number of rotatable bonds is 6. The Balaban J connectivity index is 1.19. The van der Waals surface area contributed by atoms with Crippen molar-refractivity contribution < 1.29 is 10.2 Å². The van der Waals surface area contributed by atoms with Gasteiger partial charge in [0.25, 0.3) is 0 Å². The number of aromatic hydroxyl groups is 2. The second-order valence-electron chi connectivity index (χ2n) is 18.6. The number of hydrogen-bond donors (Lipinski definition) is 4. The van der Waals surface area contributed by atoms with Crippen LogP contribution in [-0.4, -0.2) is 56.2 Å². The molecule has 8 rings (SSSR count). The molecule has 254 valence electrons. The summed E-state index contributed by atoms with van der Waals surface area (Å²) in [4.78, 5) is 10.3. The molecular formula is C39H55N5O2S. The lowest BCUT2D eigenvalue weighted by Crippen LogP contribution is -2.35. The van der Waals surface area contributed by atoms with E-state index in [9.17, 15) is 10.2 Å². The Morgan fingerprint density at radius 2 is 1.45 bits per heavy atom. The van der Waals surface area contributed by atoms with E-state index >= 15 is 0 Å². The molecule has 4 heterocycles. The highest BCUT2D eigenvalue weighted by Gasteiger charge is 2.51. The highest BCUT2D eigenvalue weighted by Crippen LogP contribution is 2.55. The standard InChI is InChI=1S/C39H55N5O2S/c1-23-31(35-40-29-10-8-9-11-30(29)47-35)32(42-41-23)27-12-24(17-43-21-38(6)15-25(43)13-36(2,3)19-38)33(45)28(34(27)46)18-44-22-39(7)16-26(44)14-37(4,5)20-39/h8-12,23,25-26,31-32,41-42,45-46H,13-22H2,1-7H3. The van der Waals surface area contributed by atoms with Crippen LogP contribution in [0.25, 0.3) is 10.2 Å². The molecule has 47 heavy (non-hydrogen) atoms. The number of thiazole rings is 1. The normalized spacial score (nSPS) is 36.4. The molecule has 8 heteroatoms. The van der Waals surface area contributed by atoms with Crippen LogP contribution in [0, 0.1) is 21.7 Å². The Hall–Kier alpha value is -2.23. The molecular weight excluding hydrogens is 603 g/mol. The number of nitrogens with zero attached hydrogens (tertiary/aromatic N) is 3. The van der Waals surface area contributed by atoms with Gasteiger partial charge in [-0.2, -0.15) is 0 Å². The average Bonchev–Trinajstić information content (AvgIpc) is 3.67. The smallest absolute Gasteiger partial charge is 0.128 e. The second kappa shape index (κ2) is 10.9. The molecule has 7 nitrogen and oxygen atoms in total. The van der Waals surface area contributed by atoms with E-state index in [0.29, 0.717) is 52.7 Å². The predicted molar refractivity (Wildman–Crippen MR) is 190 cm³/mol. The third-order valence-electron chi connectivity index (χ3n) is 12.6. The van der Waals surface area contributed by atoms with Gasteiger partial charge in [0.05, 0.1) is 21.8 Å². The number of aromatic nitrogens is 1. The lowest BCUT2D eigenvalue weighted by Gasteiger charge is -2.40. The van der Waals surface area contributed by atoms with Crippen LogP contribution in [-0.2, 0) is 13.1 Å². The summed E-state index contributed by atoms with van der Waals surface area (Å²) < 4.78 is 1.18. The zero-order valence-electron chi connectivity index (χ0n) is 29.5. The van der Waals surface area contributed by atoms with E-state index in [4.69, 9.17) is 4.98 Å². The minimum absolute atomic E-state index is 0.0416. The number of para-hydroxylation sites is 1. The molecule has 3 saturated heterocycles. The van der Waals surface area contributed by atoms with Gasteiger partial charge < -0.3 is 10.2 Å². The van der Waals surface area contributed by atoms with E-state index in [1.165, 1.54) is 36.8 Å². The monoisotopic (exact) mass is 657 g/mol. The fraction of sp³-hybridized carbons (Fsp3) is 0.667. The van der Waals surface area contributed by atoms with Crippen LogP contribution in [0.1, 0.15) is 121 Å². The molecule has 2 aromatic carbocycles. The van der Waals surface area contributed by atoms with Gasteiger partial charge in [0.2, 0.25) is 0 Å². The fourth-order valence-corrected chi connectivity index (χ4v) is 12.8. The van der Waals surface area contributed by atoms with E-state index in [0.717, 1.165) is 41.2 Å². The molecule has 3 aromatic rings. The van der Waals surface area contributed by atoms with Gasteiger partial charge in [0, 0.05) is 61.3 Å². The van der Waals surface area contributed by atoms with Gasteiger partial charge in [-0.15, -0.1) is 11.3 Å². The minimum atomic E-state index is -0.174. The van der Waals surface area contributed by atoms with Crippen molar-refractivity contribution >= 4 is 21.6 Å². The third kappa shape index (κ3) is 5.70. The number of fused-ring (bicyclic) bond motifs is 5. The predicted octanol–water partition coefficient (Wildman–Crippen LogP) is 7.83. The maximum Gasteiger partial charge on any atom is 0.128 e. The van der Waals surface area contributed by atoms with Gasteiger partial charge in [-0.25, -0.2) is 10.4 Å². The van der Waals surface area contributed by atoms with Crippen LogP contribution in [0.4, 0.5) is 0 Å². The summed E-state index contributed by atoms with van der Waals surface area (Å²) in [6, 6.07) is 11.4. The van der Waals surface area contributed by atoms with Crippen LogP contribution in [0.2, 0.25) is 0 Å². The van der Waals surface area contributed by atoms with Gasteiger partial charge in [-0.05, 0) is 85.3 Å². The molecule has 2 aliphatic carbocycles. The number of likely N-dealkylation sites (tertiary alicyclic amines) is 2. The highest BCUT2D eigenvalue weighted by molar-refractivity contribution is 7.18. The topological polar surface area (TPSA) is 83.9 Å². The first-order chi connectivity index (χ1) is 22.1. The zero-order valence-corrected chi connectivity index (χ0v) is 30.3. The highest BCUT2D eigenvalue weighted by atomic mass is 32.1. The molecule has 5 fully saturated rings. The molecule has 4 bridgehead atoms. The van der Waals surface area contributed by atoms with E-state index < -0.39 is 0 Å². The van der Waals surface area contributed by atoms with E-state index in [2.05, 4.69) is 93.4 Å². The quantitative estimate of drug-likeness (QED) is 0.215. The summed E-state index contributed by atoms with van der Waals surface area (Å²) >= 11 is 1.75. The van der Waals surface area contributed by atoms with Crippen molar-refractivity contribution in [2.45, 2.75) is 130 Å². The van der Waals surface area contributed by atoms with Crippen molar-refractivity contribution in [3.8, 4) is 11.5 Å². The molecule has 2 saturated carbocycles. The number of hydrazine groups is 1. The Kier molecular flexibility index (Phi) is 7.41. The Morgan fingerprint density at radius 1 is 0.830 bits per heavy atom. The molecule has 7 atom stereocenters. The summed E-state index contributed by atoms with van der Waals surface area (Å²) in [5, 5.41) is 25.5. The molecule has 0 spiro atoms. The van der Waals surface area contributed by atoms with Crippen LogP contribution in [0.15, 0.2) is 30.3 Å². The van der Waals surface area contributed by atoms with Gasteiger partial charge >= 0.3 is 0 Å². The fourth-order valence-electron chi connectivity index (χ4n) is 11.6. The lowest BCUT2D eigenvalue weighted by molar-refractivity contribution is 0.126. The van der Waals surface area contributed by atoms with Crippen molar-refractivity contribution in [1.29, 1.82) is 0 Å². The summed E-state index contributed by atoms with van der Waals surface area (Å²) in [7, 11) is 0. The second-order valence-corrected chi connectivity index (χ2v) is 19.7. The number of phenolic OH excluding ortho intramolecular Hbond substituents is 2. The van der Waals surface area contributed by atoms with Crippen molar-refractivity contribution in [3.63, 3.8) is 0 Å². The maximum atomic E-state index is 12.2. The summed E-state index contributed by atoms with van der Waals surface area (Å²) in [5.41, 5.74) is 11.8. The molecule has 0 radical (unpaired) electrons. The van der Waals surface area contributed by atoms with Crippen LogP contribution < -0.4 is 10.9 Å². The average molecular weight is 658 g/mol. The maximum absolute atomic E-state index is 12.2. The largest absolute Gasteiger partial charge is 0.507 e. The zero-order chi connectivity index (χ0) is 33.1. The molecule has 4 N–H and O–H groups in total. The first kappa shape index (κ1) is 32.0. The number of phenols is 2. The molecule has 0 amide bonds. The van der Waals surface area contributed by atoms with Crippen molar-refractivity contribution in [1.82, 2.24) is 25.6 Å². The number of hydrogen-bond acceptors (Lipinski definition) is 8. The summed E-state index contributed by atoms with van der Waals surface area (Å²) in [5.74, 6) is 0.573. The van der Waals surface area contributed by atoms with Crippen LogP contribution in [0.3, 0.4) is 0 Å². The van der Waals surface area contributed by atoms with Crippen molar-refractivity contribution in [2.24, 2.45) is 21.7 Å². The lowest BCUT2D eigenvalue weighted by atomic mass is 9.65. The number of benzene rings is 2. The summed E-state index contributed by atoms with van der Waals surface area (Å²) in [6.45, 7) is 20.1. The summed E-state index contributed by atoms with van der Waals surface area (Å²) in [6.07, 6.45) is 7.24. The first-order valence-corrected chi connectivity index (χ1v) is 18.8. The van der Waals surface area contributed by atoms with E-state index in [1.54, 1.807) is 11.3 Å². The van der Waals surface area contributed by atoms with Crippen LogP contribution in [0.5, 0.6) is 11.5 Å². The number of nitrogens with one attached hydrogen (secondary N) is 2. The Bertz CT molecular complexity index is 1670. The van der Waals surface area contributed by atoms with Crippen molar-refractivity contribution in [3.05, 3.63) is 52.0 Å². The van der Waals surface area contributed by atoms with E-state index in [-0.39, 0.29) is 29.2 Å². The van der Waals surface area contributed by atoms with Gasteiger partial charge in [0.15, 0.2) is 0 Å². The minimum Gasteiger partial charge on any atom is -0.507 e. The van der Waals surface area contributed by atoms with Crippen LogP contribution >= 0.6 is 11.3 Å². The van der Waals surface area contributed by atoms with Crippen molar-refractivity contribution in [2.75, 3.05) is 13.1 Å².